The Hall–Kier alpha value is -0.520. The molecule has 1 atom stereocenters. The molecule has 0 bridgehead atoms. The first-order valence-corrected chi connectivity index (χ1v) is 6.31. The maximum absolute atomic E-state index is 11.1. The second-order valence-corrected chi connectivity index (χ2v) is 4.71. The van der Waals surface area contributed by atoms with Crippen molar-refractivity contribution in [2.24, 2.45) is 5.73 Å². The zero-order valence-corrected chi connectivity index (χ0v) is 12.8. The van der Waals surface area contributed by atoms with Crippen LogP contribution >= 0.6 is 35.6 Å². The molecule has 0 aliphatic carbocycles. The molecule has 0 saturated heterocycles. The minimum atomic E-state index is -0.504. The molecule has 1 aromatic carbocycles. The molecule has 0 aliphatic rings. The molecule has 0 aliphatic heterocycles. The van der Waals surface area contributed by atoms with Gasteiger partial charge in [0.1, 0.15) is 0 Å². The van der Waals surface area contributed by atoms with Gasteiger partial charge in [-0.25, -0.2) is 0 Å². The summed E-state index contributed by atoms with van der Waals surface area (Å²) in [7, 11) is 0. The van der Waals surface area contributed by atoms with Crippen LogP contribution in [0.4, 0.5) is 0 Å². The summed E-state index contributed by atoms with van der Waals surface area (Å²) in [5, 5.41) is 3.81. The zero-order chi connectivity index (χ0) is 13.5. The predicted molar refractivity (Wildman–Crippen MR) is 80.0 cm³/mol. The molecule has 0 saturated carbocycles. The molecule has 7 heteroatoms. The molecule has 0 fully saturated rings. The van der Waals surface area contributed by atoms with Gasteiger partial charge in [-0.15, -0.1) is 12.4 Å². The third kappa shape index (κ3) is 6.99. The van der Waals surface area contributed by atoms with Crippen LogP contribution in [0.5, 0.6) is 0 Å². The van der Waals surface area contributed by atoms with Gasteiger partial charge in [-0.2, -0.15) is 0 Å². The van der Waals surface area contributed by atoms with Crippen molar-refractivity contribution >= 4 is 41.5 Å². The van der Waals surface area contributed by atoms with Crippen LogP contribution < -0.4 is 11.1 Å². The van der Waals surface area contributed by atoms with Crippen LogP contribution in [0.1, 0.15) is 12.5 Å². The average Bonchev–Trinajstić information content (AvgIpc) is 2.30. The fourth-order valence-electron chi connectivity index (χ4n) is 1.23. The van der Waals surface area contributed by atoms with E-state index in [4.69, 9.17) is 33.7 Å². The summed E-state index contributed by atoms with van der Waals surface area (Å²) in [6.45, 7) is 2.83. The van der Waals surface area contributed by atoms with Gasteiger partial charge in [-0.1, -0.05) is 29.3 Å². The first-order valence-electron chi connectivity index (χ1n) is 5.55. The second-order valence-electron chi connectivity index (χ2n) is 3.87. The van der Waals surface area contributed by atoms with Crippen molar-refractivity contribution in [1.82, 2.24) is 5.32 Å². The standard InChI is InChI=1S/C12H16Cl2N2O2.ClH/c1-8(15)12(17)16-4-5-18-7-9-2-3-10(13)6-11(9)14;/h2-3,6,8H,4-5,7,15H2,1H3,(H,16,17);1H/t8-;/m1./s1. The van der Waals surface area contributed by atoms with E-state index in [1.54, 1.807) is 19.1 Å². The van der Waals surface area contributed by atoms with E-state index in [1.807, 2.05) is 6.07 Å². The van der Waals surface area contributed by atoms with E-state index in [1.165, 1.54) is 0 Å². The summed E-state index contributed by atoms with van der Waals surface area (Å²) in [5.41, 5.74) is 6.25. The Kier molecular flexibility index (Phi) is 9.14. The van der Waals surface area contributed by atoms with E-state index in [2.05, 4.69) is 5.32 Å². The lowest BCUT2D eigenvalue weighted by atomic mass is 10.2. The van der Waals surface area contributed by atoms with E-state index in [9.17, 15) is 4.79 Å². The van der Waals surface area contributed by atoms with Crippen molar-refractivity contribution in [3.63, 3.8) is 0 Å². The van der Waals surface area contributed by atoms with Crippen LogP contribution in [0.25, 0.3) is 0 Å². The van der Waals surface area contributed by atoms with Gasteiger partial charge in [-0.3, -0.25) is 4.79 Å². The summed E-state index contributed by atoms with van der Waals surface area (Å²) >= 11 is 11.8. The Bertz CT molecular complexity index is 414. The lowest BCUT2D eigenvalue weighted by molar-refractivity contribution is -0.122. The number of hydrogen-bond acceptors (Lipinski definition) is 3. The van der Waals surface area contributed by atoms with Crippen molar-refractivity contribution in [3.8, 4) is 0 Å². The van der Waals surface area contributed by atoms with Crippen molar-refractivity contribution < 1.29 is 9.53 Å². The van der Waals surface area contributed by atoms with Gasteiger partial charge in [0.05, 0.1) is 19.3 Å². The molecular weight excluding hydrogens is 311 g/mol. The lowest BCUT2D eigenvalue weighted by Crippen LogP contribution is -2.39. The zero-order valence-electron chi connectivity index (χ0n) is 10.5. The minimum absolute atomic E-state index is 0. The highest BCUT2D eigenvalue weighted by Gasteiger charge is 2.05. The number of benzene rings is 1. The summed E-state index contributed by atoms with van der Waals surface area (Å²) < 4.78 is 5.39. The predicted octanol–water partition coefficient (Wildman–Crippen LogP) is 2.40. The van der Waals surface area contributed by atoms with E-state index in [-0.39, 0.29) is 18.3 Å². The Balaban J connectivity index is 0.00000324. The molecular formula is C12H17Cl3N2O2. The maximum Gasteiger partial charge on any atom is 0.236 e. The first-order chi connectivity index (χ1) is 8.50. The van der Waals surface area contributed by atoms with Crippen molar-refractivity contribution in [2.75, 3.05) is 13.2 Å². The molecule has 1 amide bonds. The minimum Gasteiger partial charge on any atom is -0.375 e. The summed E-state index contributed by atoms with van der Waals surface area (Å²) in [5.74, 6) is -0.192. The number of carbonyl (C=O) groups is 1. The van der Waals surface area contributed by atoms with E-state index >= 15 is 0 Å². The molecule has 0 heterocycles. The summed E-state index contributed by atoms with van der Waals surface area (Å²) in [6, 6.07) is 4.73. The van der Waals surface area contributed by atoms with Gasteiger partial charge >= 0.3 is 0 Å². The fourth-order valence-corrected chi connectivity index (χ4v) is 1.69. The van der Waals surface area contributed by atoms with E-state index < -0.39 is 6.04 Å². The van der Waals surface area contributed by atoms with Gasteiger partial charge in [0.25, 0.3) is 0 Å². The molecule has 108 valence electrons. The average molecular weight is 328 g/mol. The van der Waals surface area contributed by atoms with Gasteiger partial charge in [0.2, 0.25) is 5.91 Å². The van der Waals surface area contributed by atoms with Crippen LogP contribution in [0.3, 0.4) is 0 Å². The van der Waals surface area contributed by atoms with Gasteiger partial charge in [-0.05, 0) is 24.6 Å². The highest BCUT2D eigenvalue weighted by atomic mass is 35.5. The van der Waals surface area contributed by atoms with E-state index in [0.717, 1.165) is 5.56 Å². The molecule has 0 unspecified atom stereocenters. The topological polar surface area (TPSA) is 64.4 Å². The lowest BCUT2D eigenvalue weighted by Gasteiger charge is -2.09. The maximum atomic E-state index is 11.1. The number of amides is 1. The van der Waals surface area contributed by atoms with Crippen LogP contribution in [-0.4, -0.2) is 25.1 Å². The fraction of sp³-hybridized carbons (Fsp3) is 0.417. The van der Waals surface area contributed by atoms with Crippen molar-refractivity contribution in [3.05, 3.63) is 33.8 Å². The molecule has 1 aromatic rings. The number of rotatable bonds is 6. The molecule has 19 heavy (non-hydrogen) atoms. The molecule has 4 nitrogen and oxygen atoms in total. The highest BCUT2D eigenvalue weighted by molar-refractivity contribution is 6.35. The third-order valence-corrected chi connectivity index (χ3v) is 2.82. The smallest absolute Gasteiger partial charge is 0.236 e. The largest absolute Gasteiger partial charge is 0.375 e. The van der Waals surface area contributed by atoms with Gasteiger partial charge in [0.15, 0.2) is 0 Å². The summed E-state index contributed by atoms with van der Waals surface area (Å²) in [4.78, 5) is 11.1. The number of nitrogens with one attached hydrogen (secondary N) is 1. The quantitative estimate of drug-likeness (QED) is 0.789. The molecule has 3 N–H and O–H groups in total. The third-order valence-electron chi connectivity index (χ3n) is 2.23. The monoisotopic (exact) mass is 326 g/mol. The molecule has 0 aromatic heterocycles. The Labute approximate surface area is 129 Å². The van der Waals surface area contributed by atoms with Crippen molar-refractivity contribution in [2.45, 2.75) is 19.6 Å². The summed E-state index contributed by atoms with van der Waals surface area (Å²) in [6.07, 6.45) is 0. The van der Waals surface area contributed by atoms with Crippen LogP contribution in [0.2, 0.25) is 10.0 Å². The van der Waals surface area contributed by atoms with Crippen LogP contribution in [0.15, 0.2) is 18.2 Å². The van der Waals surface area contributed by atoms with Gasteiger partial charge in [0, 0.05) is 16.6 Å². The van der Waals surface area contributed by atoms with E-state index in [0.29, 0.717) is 29.8 Å². The molecule has 0 radical (unpaired) electrons. The number of ether oxygens (including phenoxy) is 1. The number of hydrogen-bond donors (Lipinski definition) is 2. The van der Waals surface area contributed by atoms with Crippen LogP contribution in [-0.2, 0) is 16.1 Å². The highest BCUT2D eigenvalue weighted by Crippen LogP contribution is 2.21. The van der Waals surface area contributed by atoms with Crippen molar-refractivity contribution in [1.29, 1.82) is 0 Å². The number of halogens is 3. The Morgan fingerprint density at radius 3 is 2.74 bits per heavy atom. The Morgan fingerprint density at radius 1 is 1.47 bits per heavy atom. The SMILES string of the molecule is C[C@@H](N)C(=O)NCCOCc1ccc(Cl)cc1Cl.Cl. The number of carbonyl (C=O) groups excluding carboxylic acids is 1. The number of nitrogens with two attached hydrogens (primary N) is 1. The van der Waals surface area contributed by atoms with Gasteiger partial charge < -0.3 is 15.8 Å². The first kappa shape index (κ1) is 18.5. The molecule has 0 spiro atoms. The second kappa shape index (κ2) is 9.39. The Morgan fingerprint density at radius 2 is 2.16 bits per heavy atom. The van der Waals surface area contributed by atoms with Crippen LogP contribution in [0, 0.1) is 0 Å². The molecule has 1 rings (SSSR count). The normalized spacial score (nSPS) is 11.6.